The standard InChI is InChI=1S/HNO2.H2O.Zn/c2-1-3;;/h1H;1H2;. The van der Waals surface area contributed by atoms with Crippen molar-refractivity contribution in [2.45, 2.75) is 0 Å². The zero-order chi connectivity index (χ0) is 2.71. The van der Waals surface area contributed by atoms with E-state index in [1.54, 1.807) is 0 Å². The Morgan fingerprint density at radius 2 is 1.60 bits per heavy atom. The topological polar surface area (TPSA) is 85.6 Å². The minimum Gasteiger partial charge on any atom is -0.412 e. The Hall–Kier alpha value is -0.0166. The third-order valence-corrected chi connectivity index (χ3v) is 0. The van der Waals surface area contributed by atoms with Crippen LogP contribution in [0, 0.1) is 10.1 Å². The molecule has 0 aromatic rings. The van der Waals surface area contributed by atoms with Crippen molar-refractivity contribution >= 4 is 0 Å². The van der Waals surface area contributed by atoms with Gasteiger partial charge in [0.1, 0.15) is 0 Å². The summed E-state index contributed by atoms with van der Waals surface area (Å²) < 4.78 is 0. The van der Waals surface area contributed by atoms with E-state index >= 15 is 0 Å². The maximum absolute atomic E-state index is 8.12. The molecule has 0 amide bonds. The molecule has 0 heterocycles. The summed E-state index contributed by atoms with van der Waals surface area (Å²) in [5.74, 6) is 0. The van der Waals surface area contributed by atoms with Crippen LogP contribution in [-0.4, -0.2) is 5.48 Å². The third-order valence-electron chi connectivity index (χ3n) is 0. The Kier molecular flexibility index (Phi) is 147. The van der Waals surface area contributed by atoms with Crippen molar-refractivity contribution in [2.75, 3.05) is 0 Å². The van der Waals surface area contributed by atoms with E-state index in [0.29, 0.717) is 0 Å². The van der Waals surface area contributed by atoms with Gasteiger partial charge in [0.25, 0.3) is 0 Å². The molecule has 3 N–H and O–H groups in total. The van der Waals surface area contributed by atoms with Crippen LogP contribution in [0.5, 0.6) is 0 Å². The summed E-state index contributed by atoms with van der Waals surface area (Å²) in [6.45, 7) is 0. The van der Waals surface area contributed by atoms with E-state index in [9.17, 15) is 0 Å². The second-order valence-corrected chi connectivity index (χ2v) is 0.0833. The SMILES string of the molecule is O.O=[NH+][O-].[Zn]. The van der Waals surface area contributed by atoms with Crippen molar-refractivity contribution in [2.24, 2.45) is 0 Å². The van der Waals surface area contributed by atoms with Crippen LogP contribution in [0.4, 0.5) is 0 Å². The molecule has 0 radical (unpaired) electrons. The molecule has 0 aliphatic heterocycles. The monoisotopic (exact) mass is 129 g/mol. The number of hydrogen-bond donors (Lipinski definition) is 1. The predicted molar refractivity (Wildman–Crippen MR) is 11.3 cm³/mol. The second kappa shape index (κ2) is 36.7. The van der Waals surface area contributed by atoms with Crippen LogP contribution in [0.25, 0.3) is 0 Å². The molecule has 28 valence electrons. The van der Waals surface area contributed by atoms with Crippen molar-refractivity contribution in [3.8, 4) is 0 Å². The van der Waals surface area contributed by atoms with E-state index in [1.165, 1.54) is 0 Å². The van der Waals surface area contributed by atoms with Crippen LogP contribution in [0.3, 0.4) is 0 Å². The van der Waals surface area contributed by atoms with Crippen molar-refractivity contribution in [3.05, 3.63) is 10.1 Å². The molecule has 5 heteroatoms. The van der Waals surface area contributed by atoms with E-state index < -0.39 is 0 Å². The van der Waals surface area contributed by atoms with Gasteiger partial charge in [-0.2, -0.15) is 0 Å². The van der Waals surface area contributed by atoms with Crippen LogP contribution >= 0.6 is 0 Å². The zero-order valence-corrected chi connectivity index (χ0v) is 5.49. The summed E-state index contributed by atoms with van der Waals surface area (Å²) in [5.41, 5.74) is 0. The van der Waals surface area contributed by atoms with Crippen LogP contribution in [0.15, 0.2) is 0 Å². The fourth-order valence-electron chi connectivity index (χ4n) is 0. The molecular formula is H3NO3Zn. The molecule has 0 saturated heterocycles. The first-order valence-electron chi connectivity index (χ1n) is 0.408. The van der Waals surface area contributed by atoms with E-state index in [1.807, 2.05) is 0 Å². The maximum atomic E-state index is 8.12. The Balaban J connectivity index is -0.0000000200. The van der Waals surface area contributed by atoms with Gasteiger partial charge < -0.3 is 5.48 Å². The fourth-order valence-corrected chi connectivity index (χ4v) is 0. The average Bonchev–Trinajstić information content (AvgIpc) is 0.918. The molecular weight excluding hydrogens is 127 g/mol. The number of rotatable bonds is 0. The van der Waals surface area contributed by atoms with Gasteiger partial charge in [-0.3, -0.25) is 10.1 Å². The summed E-state index contributed by atoms with van der Waals surface area (Å²) >= 11 is 0. The Morgan fingerprint density at radius 1 is 1.60 bits per heavy atom. The third kappa shape index (κ3) is 56700. The Labute approximate surface area is 41.2 Å². The summed E-state index contributed by atoms with van der Waals surface area (Å²) in [4.78, 5) is 8.12. The van der Waals surface area contributed by atoms with Crippen molar-refractivity contribution in [3.63, 3.8) is 0 Å². The first-order chi connectivity index (χ1) is 1.41. The van der Waals surface area contributed by atoms with Crippen LogP contribution < -0.4 is 5.34 Å². The molecule has 0 saturated carbocycles. The van der Waals surface area contributed by atoms with E-state index in [-0.39, 0.29) is 30.3 Å². The second-order valence-electron chi connectivity index (χ2n) is 0.0833. The minimum absolute atomic E-state index is 0. The van der Waals surface area contributed by atoms with E-state index in [2.05, 4.69) is 0 Å². The summed E-state index contributed by atoms with van der Waals surface area (Å²) in [7, 11) is 0. The molecule has 0 aromatic heterocycles. The van der Waals surface area contributed by atoms with Gasteiger partial charge >= 0.3 is 0 Å². The summed E-state index contributed by atoms with van der Waals surface area (Å²) in [5, 5.41) is 8.38. The molecule has 0 aliphatic carbocycles. The van der Waals surface area contributed by atoms with Crippen LogP contribution in [0.1, 0.15) is 0 Å². The number of hydrogen-bond acceptors (Lipinski definition) is 2. The molecule has 5 heavy (non-hydrogen) atoms. The van der Waals surface area contributed by atoms with Gasteiger partial charge in [-0.1, -0.05) is 0 Å². The molecule has 0 rings (SSSR count). The molecule has 0 aliphatic rings. The summed E-state index contributed by atoms with van der Waals surface area (Å²) in [6.07, 6.45) is 0. The predicted octanol–water partition coefficient (Wildman–Crippen LogP) is -2.50. The Bertz CT molecular complexity index is 14.4. The van der Waals surface area contributed by atoms with Gasteiger partial charge in [-0.05, 0) is 0 Å². The average molecular weight is 130 g/mol. The van der Waals surface area contributed by atoms with E-state index in [0.717, 1.165) is 0 Å². The van der Waals surface area contributed by atoms with Gasteiger partial charge in [0.15, 0.2) is 0 Å². The smallest absolute Gasteiger partial charge is 0.00366 e. The zero-order valence-electron chi connectivity index (χ0n) is 2.52. The van der Waals surface area contributed by atoms with Crippen molar-refractivity contribution in [1.29, 1.82) is 0 Å². The van der Waals surface area contributed by atoms with Crippen LogP contribution in [0.2, 0.25) is 0 Å². The Morgan fingerprint density at radius 3 is 1.60 bits per heavy atom. The molecule has 0 spiro atoms. The van der Waals surface area contributed by atoms with Gasteiger partial charge in [0.05, 0.1) is 0 Å². The van der Waals surface area contributed by atoms with Gasteiger partial charge in [0.2, 0.25) is 0 Å². The number of nitrogens with one attached hydrogen (secondary N) is 1. The van der Waals surface area contributed by atoms with Gasteiger partial charge in [-0.15, -0.1) is 0 Å². The molecule has 0 bridgehead atoms. The van der Waals surface area contributed by atoms with Crippen LogP contribution in [-0.2, 0) is 19.5 Å². The first kappa shape index (κ1) is 20.1. The molecule has 0 aromatic carbocycles. The normalized spacial score (nSPS) is 2.40. The minimum atomic E-state index is 0. The van der Waals surface area contributed by atoms with Crippen molar-refractivity contribution in [1.82, 2.24) is 0 Å². The van der Waals surface area contributed by atoms with Gasteiger partial charge in [-0.25, -0.2) is 0 Å². The largest absolute Gasteiger partial charge is 0.412 e. The molecule has 0 fully saturated rings. The van der Waals surface area contributed by atoms with Gasteiger partial charge in [0, 0.05) is 24.8 Å². The van der Waals surface area contributed by atoms with Crippen molar-refractivity contribution < 1.29 is 30.3 Å². The quantitative estimate of drug-likeness (QED) is 0.223. The summed E-state index contributed by atoms with van der Waals surface area (Å²) in [6, 6.07) is 0. The molecule has 4 nitrogen and oxygen atoms in total. The maximum Gasteiger partial charge on any atom is 0.00366 e. The fraction of sp³-hybridized carbons (Fsp3) is 0. The molecule has 0 atom stereocenters. The first-order valence-corrected chi connectivity index (χ1v) is 0.408. The molecule has 0 unspecified atom stereocenters. The van der Waals surface area contributed by atoms with E-state index in [4.69, 9.17) is 10.1 Å².